The maximum Gasteiger partial charge on any atom is 0.363 e. The van der Waals surface area contributed by atoms with E-state index in [0.717, 1.165) is 16.9 Å². The molecule has 4 rings (SSSR count). The topological polar surface area (TPSA) is 47.9 Å². The predicted octanol–water partition coefficient (Wildman–Crippen LogP) is 4.75. The van der Waals surface area contributed by atoms with Crippen LogP contribution >= 0.6 is 0 Å². The molecule has 0 saturated carbocycles. The van der Waals surface area contributed by atoms with Gasteiger partial charge in [0.05, 0.1) is 0 Å². The van der Waals surface area contributed by atoms with Crippen molar-refractivity contribution in [2.24, 2.45) is 4.99 Å². The van der Waals surface area contributed by atoms with Gasteiger partial charge in [-0.15, -0.1) is 0 Å². The maximum absolute atomic E-state index is 13.0. The monoisotopic (exact) mass is 373 g/mol. The summed E-state index contributed by atoms with van der Waals surface area (Å²) in [5.41, 5.74) is 2.62. The molecule has 0 amide bonds. The fraction of sp³-hybridized carbons (Fsp3) is 0.0435. The number of esters is 1. The average Bonchev–Trinajstić information content (AvgIpc) is 3.09. The van der Waals surface area contributed by atoms with E-state index in [4.69, 9.17) is 9.47 Å². The van der Waals surface area contributed by atoms with Crippen molar-refractivity contribution in [3.8, 4) is 5.75 Å². The number of rotatable bonds is 5. The maximum atomic E-state index is 13.0. The molecule has 0 atom stereocenters. The Bertz CT molecular complexity index is 1040. The summed E-state index contributed by atoms with van der Waals surface area (Å²) in [6, 6.07) is 22.9. The first kappa shape index (κ1) is 17.7. The molecule has 0 fully saturated rings. The number of nitrogens with zero attached hydrogens (tertiary/aromatic N) is 1. The lowest BCUT2D eigenvalue weighted by Crippen LogP contribution is -2.05. The Morgan fingerprint density at radius 2 is 1.64 bits per heavy atom. The second-order valence-electron chi connectivity index (χ2n) is 6.19. The molecule has 0 bridgehead atoms. The molecule has 0 unspecified atom stereocenters. The Hall–Kier alpha value is -3.73. The SMILES string of the molecule is O=C1OC(c2ccc(F)cc2)=N/C1=C\c1ccc(OCc2ccccc2)cc1. The summed E-state index contributed by atoms with van der Waals surface area (Å²) in [5, 5.41) is 0. The van der Waals surface area contributed by atoms with E-state index in [0.29, 0.717) is 12.2 Å². The average molecular weight is 373 g/mol. The van der Waals surface area contributed by atoms with Crippen LogP contribution in [0.15, 0.2) is 89.6 Å². The third kappa shape index (κ3) is 4.15. The first-order valence-electron chi connectivity index (χ1n) is 8.73. The van der Waals surface area contributed by atoms with Gasteiger partial charge in [0.25, 0.3) is 0 Å². The summed E-state index contributed by atoms with van der Waals surface area (Å²) in [5.74, 6) is -0.00249. The van der Waals surface area contributed by atoms with Crippen molar-refractivity contribution in [1.82, 2.24) is 0 Å². The summed E-state index contributed by atoms with van der Waals surface area (Å²) >= 11 is 0. The summed E-state index contributed by atoms with van der Waals surface area (Å²) < 4.78 is 24.0. The standard InChI is InChI=1S/C23H16FNO3/c24-19-10-8-18(9-11-19)22-25-21(23(26)28-22)14-16-6-12-20(13-7-16)27-15-17-4-2-1-3-5-17/h1-14H,15H2/b21-14-. The van der Waals surface area contributed by atoms with E-state index in [1.54, 1.807) is 6.08 Å². The van der Waals surface area contributed by atoms with Gasteiger partial charge >= 0.3 is 5.97 Å². The van der Waals surface area contributed by atoms with Crippen LogP contribution in [-0.2, 0) is 16.1 Å². The lowest BCUT2D eigenvalue weighted by molar-refractivity contribution is -0.129. The summed E-state index contributed by atoms with van der Waals surface area (Å²) in [4.78, 5) is 16.3. The molecule has 28 heavy (non-hydrogen) atoms. The van der Waals surface area contributed by atoms with Crippen molar-refractivity contribution in [3.05, 3.63) is 107 Å². The van der Waals surface area contributed by atoms with Crippen LogP contribution in [0.1, 0.15) is 16.7 Å². The fourth-order valence-electron chi connectivity index (χ4n) is 2.68. The van der Waals surface area contributed by atoms with Crippen LogP contribution in [0, 0.1) is 5.82 Å². The van der Waals surface area contributed by atoms with Crippen molar-refractivity contribution in [3.63, 3.8) is 0 Å². The van der Waals surface area contributed by atoms with E-state index in [1.165, 1.54) is 24.3 Å². The number of benzene rings is 3. The summed E-state index contributed by atoms with van der Waals surface area (Å²) in [6.07, 6.45) is 1.64. The zero-order valence-corrected chi connectivity index (χ0v) is 14.8. The van der Waals surface area contributed by atoms with Gasteiger partial charge in [-0.2, -0.15) is 0 Å². The molecule has 1 heterocycles. The molecule has 1 aliphatic rings. The van der Waals surface area contributed by atoms with Crippen LogP contribution in [0.5, 0.6) is 5.75 Å². The minimum absolute atomic E-state index is 0.166. The van der Waals surface area contributed by atoms with Crippen molar-refractivity contribution < 1.29 is 18.7 Å². The Kier molecular flexibility index (Phi) is 4.97. The fourth-order valence-corrected chi connectivity index (χ4v) is 2.68. The van der Waals surface area contributed by atoms with E-state index >= 15 is 0 Å². The van der Waals surface area contributed by atoms with Crippen molar-refractivity contribution in [2.45, 2.75) is 6.61 Å². The first-order valence-corrected chi connectivity index (χ1v) is 8.73. The highest BCUT2D eigenvalue weighted by Crippen LogP contribution is 2.21. The number of carbonyl (C=O) groups excluding carboxylic acids is 1. The summed E-state index contributed by atoms with van der Waals surface area (Å²) in [6.45, 7) is 0.485. The Labute approximate surface area is 161 Å². The van der Waals surface area contributed by atoms with Crippen molar-refractivity contribution in [2.75, 3.05) is 0 Å². The largest absolute Gasteiger partial charge is 0.489 e. The van der Waals surface area contributed by atoms with E-state index in [9.17, 15) is 9.18 Å². The molecule has 3 aromatic rings. The van der Waals surface area contributed by atoms with E-state index < -0.39 is 5.97 Å². The molecule has 3 aromatic carbocycles. The molecular weight excluding hydrogens is 357 g/mol. The number of hydrogen-bond acceptors (Lipinski definition) is 4. The van der Waals surface area contributed by atoms with Gasteiger partial charge < -0.3 is 9.47 Å². The quantitative estimate of drug-likeness (QED) is 0.479. The van der Waals surface area contributed by atoms with Gasteiger partial charge in [0.15, 0.2) is 5.70 Å². The Balaban J connectivity index is 1.46. The zero-order chi connectivity index (χ0) is 19.3. The van der Waals surface area contributed by atoms with Gasteiger partial charge in [-0.1, -0.05) is 42.5 Å². The lowest BCUT2D eigenvalue weighted by atomic mass is 10.2. The van der Waals surface area contributed by atoms with Gasteiger partial charge in [-0.25, -0.2) is 14.2 Å². The Morgan fingerprint density at radius 1 is 0.929 bits per heavy atom. The van der Waals surface area contributed by atoms with E-state index in [-0.39, 0.29) is 17.4 Å². The third-order valence-electron chi connectivity index (χ3n) is 4.14. The molecule has 4 nitrogen and oxygen atoms in total. The lowest BCUT2D eigenvalue weighted by Gasteiger charge is -2.06. The van der Waals surface area contributed by atoms with Crippen LogP contribution in [0.2, 0.25) is 0 Å². The number of carbonyl (C=O) groups is 1. The van der Waals surface area contributed by atoms with Crippen LogP contribution in [0.3, 0.4) is 0 Å². The van der Waals surface area contributed by atoms with Crippen molar-refractivity contribution >= 4 is 17.9 Å². The van der Waals surface area contributed by atoms with E-state index in [1.807, 2.05) is 54.6 Å². The number of ether oxygens (including phenoxy) is 2. The van der Waals surface area contributed by atoms with Gasteiger partial charge in [0.2, 0.25) is 5.90 Å². The third-order valence-corrected chi connectivity index (χ3v) is 4.14. The van der Waals surface area contributed by atoms with Gasteiger partial charge in [0, 0.05) is 5.56 Å². The molecule has 5 heteroatoms. The first-order chi connectivity index (χ1) is 13.7. The number of aliphatic imine (C=N–C) groups is 1. The minimum atomic E-state index is -0.538. The molecule has 0 saturated heterocycles. The number of halogens is 1. The van der Waals surface area contributed by atoms with Gasteiger partial charge in [-0.05, 0) is 53.6 Å². The minimum Gasteiger partial charge on any atom is -0.489 e. The highest BCUT2D eigenvalue weighted by Gasteiger charge is 2.24. The van der Waals surface area contributed by atoms with E-state index in [2.05, 4.69) is 4.99 Å². The highest BCUT2D eigenvalue weighted by molar-refractivity contribution is 6.12. The van der Waals surface area contributed by atoms with Crippen LogP contribution < -0.4 is 4.74 Å². The molecule has 0 spiro atoms. The zero-order valence-electron chi connectivity index (χ0n) is 14.8. The molecule has 0 N–H and O–H groups in total. The second kappa shape index (κ2) is 7.88. The molecule has 1 aliphatic heterocycles. The van der Waals surface area contributed by atoms with Crippen LogP contribution in [0.4, 0.5) is 4.39 Å². The van der Waals surface area contributed by atoms with Crippen molar-refractivity contribution in [1.29, 1.82) is 0 Å². The predicted molar refractivity (Wildman–Crippen MR) is 104 cm³/mol. The van der Waals surface area contributed by atoms with Crippen LogP contribution in [-0.4, -0.2) is 11.9 Å². The normalized spacial score (nSPS) is 14.7. The highest BCUT2D eigenvalue weighted by atomic mass is 19.1. The van der Waals surface area contributed by atoms with Gasteiger partial charge in [-0.3, -0.25) is 0 Å². The molecular formula is C23H16FNO3. The smallest absolute Gasteiger partial charge is 0.363 e. The number of hydrogen-bond donors (Lipinski definition) is 0. The Morgan fingerprint density at radius 3 is 2.36 bits per heavy atom. The molecule has 0 aromatic heterocycles. The second-order valence-corrected chi connectivity index (χ2v) is 6.19. The van der Waals surface area contributed by atoms with Gasteiger partial charge in [0.1, 0.15) is 18.2 Å². The summed E-state index contributed by atoms with van der Waals surface area (Å²) in [7, 11) is 0. The van der Waals surface area contributed by atoms with Crippen LogP contribution in [0.25, 0.3) is 6.08 Å². The molecule has 0 aliphatic carbocycles. The molecule has 138 valence electrons. The number of cyclic esters (lactones) is 1. The molecule has 0 radical (unpaired) electrons.